The second-order valence-electron chi connectivity index (χ2n) is 4.54. The van der Waals surface area contributed by atoms with Gasteiger partial charge in [-0.2, -0.15) is 5.10 Å². The number of hydrogen-bond acceptors (Lipinski definition) is 3. The molecule has 1 saturated carbocycles. The van der Waals surface area contributed by atoms with Gasteiger partial charge in [0.25, 0.3) is 5.91 Å². The van der Waals surface area contributed by atoms with Crippen molar-refractivity contribution in [3.05, 3.63) is 29.8 Å². The molecule has 18 heavy (non-hydrogen) atoms. The summed E-state index contributed by atoms with van der Waals surface area (Å²) in [6.45, 7) is 1.86. The van der Waals surface area contributed by atoms with Crippen LogP contribution in [0.3, 0.4) is 0 Å². The van der Waals surface area contributed by atoms with Gasteiger partial charge in [0.1, 0.15) is 10.1 Å². The Bertz CT molecular complexity index is 499. The number of carbonyl (C=O) groups excluding carboxylic acids is 1. The van der Waals surface area contributed by atoms with Crippen LogP contribution in [-0.2, 0) is 0 Å². The van der Waals surface area contributed by atoms with Gasteiger partial charge in [-0.05, 0) is 30.7 Å². The Balaban J connectivity index is 1.93. The van der Waals surface area contributed by atoms with Crippen molar-refractivity contribution < 1.29 is 9.90 Å². The molecule has 1 unspecified atom stereocenters. The molecule has 96 valence electrons. The van der Waals surface area contributed by atoms with Gasteiger partial charge >= 0.3 is 0 Å². The zero-order valence-corrected chi connectivity index (χ0v) is 11.2. The first-order valence-corrected chi connectivity index (χ1v) is 6.11. The molecule has 1 aromatic carbocycles. The van der Waals surface area contributed by atoms with Crippen LogP contribution in [0.1, 0.15) is 23.7 Å². The van der Waals surface area contributed by atoms with Gasteiger partial charge in [0, 0.05) is 17.2 Å². The van der Waals surface area contributed by atoms with Crippen LogP contribution in [0.4, 0.5) is 0 Å². The number of hydrazone groups is 1. The van der Waals surface area contributed by atoms with E-state index in [4.69, 9.17) is 28.3 Å². The predicted molar refractivity (Wildman–Crippen MR) is 71.2 cm³/mol. The highest BCUT2D eigenvalue weighted by molar-refractivity contribution is 6.52. The van der Waals surface area contributed by atoms with E-state index in [0.717, 1.165) is 0 Å². The second-order valence-corrected chi connectivity index (χ2v) is 6.03. The molecule has 0 bridgehead atoms. The molecule has 4 nitrogen and oxygen atoms in total. The van der Waals surface area contributed by atoms with Gasteiger partial charge in [0.2, 0.25) is 0 Å². The van der Waals surface area contributed by atoms with E-state index in [1.54, 1.807) is 6.21 Å². The lowest BCUT2D eigenvalue weighted by atomic mass is 10.2. The minimum Gasteiger partial charge on any atom is -0.508 e. The summed E-state index contributed by atoms with van der Waals surface area (Å²) in [5.41, 5.74) is 2.40. The van der Waals surface area contributed by atoms with Crippen LogP contribution in [0.25, 0.3) is 0 Å². The maximum atomic E-state index is 11.7. The quantitative estimate of drug-likeness (QED) is 0.510. The number of amides is 1. The summed E-state index contributed by atoms with van der Waals surface area (Å²) in [5.74, 6) is -0.250. The lowest BCUT2D eigenvalue weighted by molar-refractivity contribution is 0.0955. The molecule has 1 aromatic rings. The summed E-state index contributed by atoms with van der Waals surface area (Å²) in [4.78, 5) is 11.7. The predicted octanol–water partition coefficient (Wildman–Crippen LogP) is 2.69. The van der Waals surface area contributed by atoms with Crippen molar-refractivity contribution in [2.75, 3.05) is 0 Å². The lowest BCUT2D eigenvalue weighted by Gasteiger charge is -2.04. The van der Waals surface area contributed by atoms with Gasteiger partial charge in [0.05, 0.1) is 0 Å². The molecule has 0 aliphatic heterocycles. The number of nitrogens with zero attached hydrogens (tertiary/aromatic N) is 1. The first-order chi connectivity index (χ1) is 8.34. The zero-order valence-electron chi connectivity index (χ0n) is 9.65. The summed E-state index contributed by atoms with van der Waals surface area (Å²) in [5, 5.41) is 12.9. The topological polar surface area (TPSA) is 61.7 Å². The molecule has 2 rings (SSSR count). The summed E-state index contributed by atoms with van der Waals surface area (Å²) in [7, 11) is 0. The summed E-state index contributed by atoms with van der Waals surface area (Å²) in [6, 6.07) is 5.88. The summed E-state index contributed by atoms with van der Waals surface area (Å²) in [6.07, 6.45) is 2.16. The monoisotopic (exact) mass is 286 g/mol. The highest BCUT2D eigenvalue weighted by atomic mass is 35.5. The second kappa shape index (κ2) is 4.44. The van der Waals surface area contributed by atoms with Crippen molar-refractivity contribution in [3.63, 3.8) is 0 Å². The van der Waals surface area contributed by atoms with Crippen molar-refractivity contribution in [1.29, 1.82) is 0 Å². The van der Waals surface area contributed by atoms with Gasteiger partial charge < -0.3 is 5.11 Å². The fourth-order valence-corrected chi connectivity index (χ4v) is 2.12. The number of hydrogen-bond donors (Lipinski definition) is 2. The van der Waals surface area contributed by atoms with Crippen LogP contribution < -0.4 is 5.43 Å². The third-order valence-electron chi connectivity index (χ3n) is 2.94. The Morgan fingerprint density at radius 2 is 2.00 bits per heavy atom. The Labute approximate surface area is 115 Å². The molecular weight excluding hydrogens is 275 g/mol. The van der Waals surface area contributed by atoms with E-state index in [0.29, 0.717) is 12.0 Å². The average Bonchev–Trinajstić information content (AvgIpc) is 2.78. The van der Waals surface area contributed by atoms with E-state index in [2.05, 4.69) is 10.5 Å². The fraction of sp³-hybridized carbons (Fsp3) is 0.333. The van der Waals surface area contributed by atoms with E-state index in [1.165, 1.54) is 24.3 Å². The van der Waals surface area contributed by atoms with Gasteiger partial charge in [-0.3, -0.25) is 4.79 Å². The van der Waals surface area contributed by atoms with Crippen LogP contribution in [0, 0.1) is 5.41 Å². The number of nitrogens with one attached hydrogen (secondary N) is 1. The molecular formula is C12H12Cl2N2O2. The number of rotatable bonds is 3. The van der Waals surface area contributed by atoms with Gasteiger partial charge in [-0.15, -0.1) is 23.2 Å². The third-order valence-corrected chi connectivity index (χ3v) is 4.08. The molecule has 0 saturated heterocycles. The molecule has 1 fully saturated rings. The molecule has 1 aliphatic rings. The van der Waals surface area contributed by atoms with Crippen molar-refractivity contribution in [3.8, 4) is 5.75 Å². The third kappa shape index (κ3) is 2.60. The van der Waals surface area contributed by atoms with Crippen LogP contribution >= 0.6 is 23.2 Å². The van der Waals surface area contributed by atoms with Crippen molar-refractivity contribution in [2.45, 2.75) is 17.7 Å². The number of phenolic OH excluding ortho intramolecular Hbond substituents is 1. The zero-order chi connectivity index (χ0) is 13.4. The highest BCUT2D eigenvalue weighted by Gasteiger charge is 2.62. The minimum atomic E-state index is -0.792. The summed E-state index contributed by atoms with van der Waals surface area (Å²) >= 11 is 11.9. The van der Waals surface area contributed by atoms with Gasteiger partial charge in [0.15, 0.2) is 0 Å². The number of benzene rings is 1. The Kier molecular flexibility index (Phi) is 3.25. The van der Waals surface area contributed by atoms with E-state index < -0.39 is 9.75 Å². The minimum absolute atomic E-state index is 0.106. The molecule has 0 spiro atoms. The van der Waals surface area contributed by atoms with E-state index >= 15 is 0 Å². The maximum absolute atomic E-state index is 11.7. The number of carbonyl (C=O) groups is 1. The SMILES string of the molecule is CC1(C=NNC(=O)c2ccc(O)cc2)CC1(Cl)Cl. The Morgan fingerprint density at radius 1 is 1.44 bits per heavy atom. The lowest BCUT2D eigenvalue weighted by Crippen LogP contribution is -2.19. The molecule has 1 aliphatic carbocycles. The fourth-order valence-electron chi connectivity index (χ4n) is 1.47. The van der Waals surface area contributed by atoms with E-state index in [-0.39, 0.29) is 11.7 Å². The molecule has 0 heterocycles. The number of phenols is 1. The Morgan fingerprint density at radius 3 is 2.50 bits per heavy atom. The van der Waals surface area contributed by atoms with E-state index in [9.17, 15) is 4.79 Å². The average molecular weight is 287 g/mol. The molecule has 2 N–H and O–H groups in total. The molecule has 1 atom stereocenters. The maximum Gasteiger partial charge on any atom is 0.271 e. The number of halogens is 2. The van der Waals surface area contributed by atoms with Crippen LogP contribution in [0.2, 0.25) is 0 Å². The standard InChI is InChI=1S/C12H12Cl2N2O2/c1-11(6-12(11,13)14)7-15-16-10(18)8-2-4-9(17)5-3-8/h2-5,7,17H,6H2,1H3,(H,16,18). The molecule has 0 aromatic heterocycles. The van der Waals surface area contributed by atoms with Crippen LogP contribution in [0.15, 0.2) is 29.4 Å². The Hall–Kier alpha value is -1.26. The van der Waals surface area contributed by atoms with Crippen LogP contribution in [0.5, 0.6) is 5.75 Å². The largest absolute Gasteiger partial charge is 0.508 e. The normalized spacial score (nSPS) is 25.1. The molecule has 1 amide bonds. The van der Waals surface area contributed by atoms with Crippen molar-refractivity contribution in [2.24, 2.45) is 10.5 Å². The van der Waals surface area contributed by atoms with Gasteiger partial charge in [-0.1, -0.05) is 6.92 Å². The smallest absolute Gasteiger partial charge is 0.271 e. The van der Waals surface area contributed by atoms with Crippen molar-refractivity contribution in [1.82, 2.24) is 5.43 Å². The highest BCUT2D eigenvalue weighted by Crippen LogP contribution is 2.62. The number of aromatic hydroxyl groups is 1. The summed E-state index contributed by atoms with van der Waals surface area (Å²) < 4.78 is -0.792. The number of alkyl halides is 2. The molecule has 6 heteroatoms. The first kappa shape index (κ1) is 13.2. The van der Waals surface area contributed by atoms with E-state index in [1.807, 2.05) is 6.92 Å². The van der Waals surface area contributed by atoms with Crippen molar-refractivity contribution >= 4 is 35.3 Å². The first-order valence-electron chi connectivity index (χ1n) is 5.35. The van der Waals surface area contributed by atoms with Crippen LogP contribution in [-0.4, -0.2) is 21.6 Å². The van der Waals surface area contributed by atoms with Gasteiger partial charge in [-0.25, -0.2) is 5.43 Å². The molecule has 0 radical (unpaired) electrons.